The maximum atomic E-state index is 11.0. The fraction of sp³-hybridized carbons (Fsp3) is 0.500. The molecule has 2 saturated heterocycles. The molecule has 0 aromatic heterocycles. The van der Waals surface area contributed by atoms with Gasteiger partial charge in [0, 0.05) is 12.8 Å². The number of hydrogen-bond donors (Lipinski definition) is 1. The van der Waals surface area contributed by atoms with Crippen molar-refractivity contribution in [3.05, 3.63) is 71.8 Å². The average molecular weight is 396 g/mol. The van der Waals surface area contributed by atoms with Crippen LogP contribution in [0.15, 0.2) is 60.7 Å². The number of rotatable bonds is 5. The van der Waals surface area contributed by atoms with E-state index < -0.39 is 30.4 Å². The molecule has 0 unspecified atom stereocenters. The summed E-state index contributed by atoms with van der Waals surface area (Å²) in [6.45, 7) is 0.437. The van der Waals surface area contributed by atoms with E-state index in [0.29, 0.717) is 6.61 Å². The Bertz CT molecular complexity index is 789. The van der Waals surface area contributed by atoms with Crippen LogP contribution in [0.2, 0.25) is 0 Å². The molecule has 5 nitrogen and oxygen atoms in total. The summed E-state index contributed by atoms with van der Waals surface area (Å²) in [5, 5.41) is 11.0. The Morgan fingerprint density at radius 2 is 1.62 bits per heavy atom. The van der Waals surface area contributed by atoms with Crippen LogP contribution >= 0.6 is 0 Å². The predicted octanol–water partition coefficient (Wildman–Crippen LogP) is 4.11. The van der Waals surface area contributed by atoms with Gasteiger partial charge >= 0.3 is 0 Å². The zero-order valence-corrected chi connectivity index (χ0v) is 16.5. The highest BCUT2D eigenvalue weighted by molar-refractivity contribution is 5.20. The summed E-state index contributed by atoms with van der Waals surface area (Å²) in [6, 6.07) is 19.6. The second-order valence-electron chi connectivity index (χ2n) is 8.26. The lowest BCUT2D eigenvalue weighted by Gasteiger charge is -2.34. The maximum absolute atomic E-state index is 11.0. The third-order valence-electron chi connectivity index (χ3n) is 6.24. The minimum atomic E-state index is -0.808. The van der Waals surface area contributed by atoms with Crippen molar-refractivity contribution in [2.24, 2.45) is 0 Å². The van der Waals surface area contributed by atoms with Crippen LogP contribution in [-0.2, 0) is 25.6 Å². The highest BCUT2D eigenvalue weighted by atomic mass is 16.8. The van der Waals surface area contributed by atoms with E-state index in [2.05, 4.69) is 0 Å². The molecule has 2 aromatic carbocycles. The van der Waals surface area contributed by atoms with Gasteiger partial charge in [0.1, 0.15) is 24.4 Å². The minimum Gasteiger partial charge on any atom is -0.386 e. The van der Waals surface area contributed by atoms with Crippen LogP contribution in [0.25, 0.3) is 0 Å². The summed E-state index contributed by atoms with van der Waals surface area (Å²) in [5.74, 6) is -0.551. The molecule has 5 heteroatoms. The second-order valence-corrected chi connectivity index (χ2v) is 8.26. The van der Waals surface area contributed by atoms with Crippen LogP contribution in [0.5, 0.6) is 0 Å². The van der Waals surface area contributed by atoms with Gasteiger partial charge in [0.2, 0.25) is 0 Å². The largest absolute Gasteiger partial charge is 0.386 e. The first kappa shape index (κ1) is 19.2. The van der Waals surface area contributed by atoms with Crippen LogP contribution in [0.1, 0.15) is 49.3 Å². The van der Waals surface area contributed by atoms with E-state index >= 15 is 0 Å². The van der Waals surface area contributed by atoms with Crippen molar-refractivity contribution in [2.45, 2.75) is 75.2 Å². The molecule has 2 aromatic rings. The lowest BCUT2D eigenvalue weighted by Crippen LogP contribution is -2.41. The van der Waals surface area contributed by atoms with Crippen molar-refractivity contribution in [3.8, 4) is 0 Å². The lowest BCUT2D eigenvalue weighted by atomic mass is 9.94. The van der Waals surface area contributed by atoms with E-state index in [1.807, 2.05) is 60.7 Å². The molecule has 0 bridgehead atoms. The number of fused-ring (bicyclic) bond motifs is 1. The Kier molecular flexibility index (Phi) is 5.41. The van der Waals surface area contributed by atoms with Crippen molar-refractivity contribution >= 4 is 0 Å². The van der Waals surface area contributed by atoms with Gasteiger partial charge in [-0.1, -0.05) is 67.1 Å². The highest BCUT2D eigenvalue weighted by Crippen LogP contribution is 2.47. The zero-order chi connectivity index (χ0) is 19.7. The predicted molar refractivity (Wildman–Crippen MR) is 107 cm³/mol. The van der Waals surface area contributed by atoms with E-state index in [4.69, 9.17) is 18.9 Å². The van der Waals surface area contributed by atoms with Gasteiger partial charge < -0.3 is 24.1 Å². The van der Waals surface area contributed by atoms with Crippen molar-refractivity contribution < 1.29 is 24.1 Å². The van der Waals surface area contributed by atoms with Gasteiger partial charge in [0.25, 0.3) is 0 Å². The first-order chi connectivity index (χ1) is 14.2. The summed E-state index contributed by atoms with van der Waals surface area (Å²) in [6.07, 6.45) is 2.61. The summed E-state index contributed by atoms with van der Waals surface area (Å²) in [4.78, 5) is 0. The first-order valence-electron chi connectivity index (χ1n) is 10.6. The monoisotopic (exact) mass is 396 g/mol. The molecular formula is C24H28O5. The van der Waals surface area contributed by atoms with Crippen molar-refractivity contribution in [3.63, 3.8) is 0 Å². The van der Waals surface area contributed by atoms with Crippen LogP contribution in [0, 0.1) is 0 Å². The number of ether oxygens (including phenoxy) is 4. The van der Waals surface area contributed by atoms with Crippen molar-refractivity contribution in [1.29, 1.82) is 0 Å². The molecular weight excluding hydrogens is 368 g/mol. The van der Waals surface area contributed by atoms with Gasteiger partial charge in [0.05, 0.1) is 6.61 Å². The fourth-order valence-electron chi connectivity index (χ4n) is 4.73. The van der Waals surface area contributed by atoms with E-state index in [0.717, 1.165) is 36.8 Å². The maximum Gasteiger partial charge on any atom is 0.190 e. The molecule has 1 spiro atoms. The Morgan fingerprint density at radius 1 is 0.931 bits per heavy atom. The van der Waals surface area contributed by atoms with Gasteiger partial charge in [0.15, 0.2) is 12.1 Å². The molecule has 3 fully saturated rings. The number of aliphatic hydroxyl groups excluding tert-OH is 1. The standard InChI is InChI=1S/C24H28O5/c25-19(18-12-6-2-7-13-18)20-21(26-16-17-10-4-1-5-11-17)22-23(27-20)29-24(28-22)14-8-3-9-15-24/h1-2,4-7,10-13,19-23,25H,3,8-9,14-16H2/t19-,20-,21+,22-,23-/m1/s1. The third kappa shape index (κ3) is 3.86. The molecule has 1 aliphatic carbocycles. The topological polar surface area (TPSA) is 57.2 Å². The van der Waals surface area contributed by atoms with Gasteiger partial charge in [-0.15, -0.1) is 0 Å². The second kappa shape index (κ2) is 8.17. The zero-order valence-electron chi connectivity index (χ0n) is 16.5. The Hall–Kier alpha value is -1.76. The van der Waals surface area contributed by atoms with Crippen LogP contribution in [0.3, 0.4) is 0 Å². The normalized spacial score (nSPS) is 31.6. The van der Waals surface area contributed by atoms with Crippen LogP contribution in [-0.4, -0.2) is 35.5 Å². The van der Waals surface area contributed by atoms with Crippen molar-refractivity contribution in [1.82, 2.24) is 0 Å². The molecule has 2 heterocycles. The van der Waals surface area contributed by atoms with E-state index in [-0.39, 0.29) is 6.10 Å². The first-order valence-corrected chi connectivity index (χ1v) is 10.6. The minimum absolute atomic E-state index is 0.333. The quantitative estimate of drug-likeness (QED) is 0.824. The van der Waals surface area contributed by atoms with Crippen molar-refractivity contribution in [2.75, 3.05) is 0 Å². The summed E-state index contributed by atoms with van der Waals surface area (Å²) in [7, 11) is 0. The van der Waals surface area contributed by atoms with Gasteiger partial charge in [-0.2, -0.15) is 0 Å². The highest BCUT2D eigenvalue weighted by Gasteiger charge is 2.59. The molecule has 29 heavy (non-hydrogen) atoms. The van der Waals surface area contributed by atoms with E-state index in [1.165, 1.54) is 6.42 Å². The number of hydrogen-bond acceptors (Lipinski definition) is 5. The summed E-state index contributed by atoms with van der Waals surface area (Å²) < 4.78 is 25.2. The molecule has 5 rings (SSSR count). The summed E-state index contributed by atoms with van der Waals surface area (Å²) >= 11 is 0. The number of benzene rings is 2. The van der Waals surface area contributed by atoms with E-state index in [9.17, 15) is 5.11 Å². The third-order valence-corrected chi connectivity index (χ3v) is 6.24. The molecule has 154 valence electrons. The van der Waals surface area contributed by atoms with Gasteiger partial charge in [-0.25, -0.2) is 0 Å². The van der Waals surface area contributed by atoms with Crippen LogP contribution < -0.4 is 0 Å². The molecule has 5 atom stereocenters. The molecule has 1 N–H and O–H groups in total. The fourth-order valence-corrected chi connectivity index (χ4v) is 4.73. The van der Waals surface area contributed by atoms with E-state index in [1.54, 1.807) is 0 Å². The molecule has 3 aliphatic rings. The molecule has 1 saturated carbocycles. The molecule has 0 amide bonds. The Labute approximate surface area is 171 Å². The smallest absolute Gasteiger partial charge is 0.190 e. The molecule has 2 aliphatic heterocycles. The number of aliphatic hydroxyl groups is 1. The SMILES string of the molecule is O[C@H](c1ccccc1)[C@H]1O[C@@H]2OC3(CCCCC3)O[C@@H]2[C@H]1OCc1ccccc1. The summed E-state index contributed by atoms with van der Waals surface area (Å²) in [5.41, 5.74) is 1.88. The van der Waals surface area contributed by atoms with Gasteiger partial charge in [-0.3, -0.25) is 0 Å². The van der Waals surface area contributed by atoms with Crippen LogP contribution in [0.4, 0.5) is 0 Å². The van der Waals surface area contributed by atoms with Gasteiger partial charge in [-0.05, 0) is 24.0 Å². The Balaban J connectivity index is 1.36. The lowest BCUT2D eigenvalue weighted by molar-refractivity contribution is -0.257. The Morgan fingerprint density at radius 3 is 2.34 bits per heavy atom. The molecule has 0 radical (unpaired) electrons. The average Bonchev–Trinajstić information content (AvgIpc) is 3.27.